The van der Waals surface area contributed by atoms with Crippen LogP contribution in [0.25, 0.3) is 0 Å². The topological polar surface area (TPSA) is 16.2 Å². The summed E-state index contributed by atoms with van der Waals surface area (Å²) in [6.07, 6.45) is 0.800. The molecule has 0 spiro atoms. The molecule has 12 aromatic rings. The lowest BCUT2D eigenvalue weighted by atomic mass is 9.31. The number of fused-ring (bicyclic) bond motifs is 8. The van der Waals surface area contributed by atoms with Gasteiger partial charge in [-0.2, -0.15) is 0 Å². The Morgan fingerprint density at radius 1 is 0.349 bits per heavy atom. The summed E-state index contributed by atoms with van der Waals surface area (Å²) in [5.41, 5.74) is 26.5. The lowest BCUT2D eigenvalue weighted by molar-refractivity contribution is 1.10. The summed E-state index contributed by atoms with van der Waals surface area (Å²) in [5, 5.41) is 0. The predicted octanol–water partition coefficient (Wildman–Crippen LogP) is 16.3. The first kappa shape index (κ1) is 47.9. The van der Waals surface area contributed by atoms with Crippen molar-refractivity contribution in [1.82, 2.24) is 0 Å². The van der Waals surface area contributed by atoms with Crippen molar-refractivity contribution in [3.8, 4) is 0 Å². The summed E-state index contributed by atoms with van der Waals surface area (Å²) in [7, 11) is 0. The molecule has 0 aromatic heterocycles. The second kappa shape index (κ2) is 20.0. The maximum absolute atomic E-state index is 9.33. The minimum atomic E-state index is -0.148. The fraction of sp³-hybridized carbons (Fsp3) is 0.0400. The van der Waals surface area contributed by atoms with E-state index in [0.29, 0.717) is 0 Å². The molecule has 0 saturated heterocycles. The maximum atomic E-state index is 9.33. The number of benzene rings is 12. The Bertz CT molecular complexity index is 4380. The Labute approximate surface area is 492 Å². The Balaban J connectivity index is 1.01. The highest BCUT2D eigenvalue weighted by Gasteiger charge is 2.48. The summed E-state index contributed by atoms with van der Waals surface area (Å²) < 4.78 is 9.33. The first-order valence-electron chi connectivity index (χ1n) is 29.4. The Kier molecular flexibility index (Phi) is 11.5. The monoisotopic (exact) mass is 1080 g/mol. The van der Waals surface area contributed by atoms with Crippen molar-refractivity contribution in [2.45, 2.75) is 30.0 Å². The molecule has 392 valence electrons. The highest BCUT2D eigenvalue weighted by molar-refractivity contribution is 8.00. The molecule has 4 heterocycles. The van der Waals surface area contributed by atoms with Crippen LogP contribution in [-0.4, -0.2) is 13.4 Å². The van der Waals surface area contributed by atoms with E-state index in [1.54, 1.807) is 0 Å². The van der Waals surface area contributed by atoms with E-state index in [4.69, 9.17) is 0 Å². The highest BCUT2D eigenvalue weighted by Crippen LogP contribution is 2.52. The second-order valence-corrected chi connectivity index (χ2v) is 22.9. The Hall–Kier alpha value is -9.88. The summed E-state index contributed by atoms with van der Waals surface area (Å²) in [6, 6.07) is 105. The third-order valence-corrected chi connectivity index (χ3v) is 18.3. The predicted molar refractivity (Wildman–Crippen MR) is 354 cm³/mol. The molecule has 83 heavy (non-hydrogen) atoms. The average molecular weight is 1080 g/mol. The molecule has 0 amide bonds. The van der Waals surface area contributed by atoms with Crippen LogP contribution in [0.5, 0.6) is 0 Å². The second-order valence-electron chi connectivity index (χ2n) is 21.8. The Morgan fingerprint density at radius 2 is 0.783 bits per heavy atom. The van der Waals surface area contributed by atoms with Gasteiger partial charge in [0.1, 0.15) is 0 Å². The van der Waals surface area contributed by atoms with E-state index in [1.807, 2.05) is 11.8 Å². The normalized spacial score (nSPS) is 13.2. The number of hydrogen-bond donors (Lipinski definition) is 0. The van der Waals surface area contributed by atoms with Crippen molar-refractivity contribution >= 4 is 143 Å². The number of nitrogens with zero attached hydrogens (tertiary/aromatic N) is 5. The van der Waals surface area contributed by atoms with Crippen molar-refractivity contribution in [3.05, 3.63) is 296 Å². The van der Waals surface area contributed by atoms with E-state index in [-0.39, 0.29) is 20.3 Å². The van der Waals surface area contributed by atoms with E-state index in [2.05, 4.69) is 317 Å². The first-order valence-corrected chi connectivity index (χ1v) is 29.6. The fourth-order valence-corrected chi connectivity index (χ4v) is 15.0. The summed E-state index contributed by atoms with van der Waals surface area (Å²) in [6.45, 7) is 2.16. The van der Waals surface area contributed by atoms with Gasteiger partial charge >= 0.3 is 0 Å². The average Bonchev–Trinajstić information content (AvgIpc) is 0.732. The van der Waals surface area contributed by atoms with Crippen LogP contribution in [0.4, 0.5) is 85.3 Å². The van der Waals surface area contributed by atoms with Crippen LogP contribution in [0.3, 0.4) is 0 Å². The molecule has 0 unspecified atom stereocenters. The molecule has 0 radical (unpaired) electrons. The molecule has 4 aliphatic heterocycles. The van der Waals surface area contributed by atoms with Crippen molar-refractivity contribution in [3.63, 3.8) is 0 Å². The molecule has 0 aliphatic carbocycles. The molecule has 5 nitrogen and oxygen atoms in total. The van der Waals surface area contributed by atoms with Crippen LogP contribution < -0.4 is 57.3 Å². The van der Waals surface area contributed by atoms with Crippen LogP contribution in [-0.2, 0) is 6.42 Å². The zero-order valence-electron chi connectivity index (χ0n) is 46.8. The van der Waals surface area contributed by atoms with E-state index >= 15 is 0 Å². The molecule has 4 aliphatic rings. The summed E-state index contributed by atoms with van der Waals surface area (Å²) >= 11 is 1.89. The number of rotatable bonds is 10. The van der Waals surface area contributed by atoms with Crippen LogP contribution in [0.15, 0.2) is 295 Å². The van der Waals surface area contributed by atoms with Crippen molar-refractivity contribution in [2.75, 3.05) is 24.5 Å². The van der Waals surface area contributed by atoms with Gasteiger partial charge in [-0.3, -0.25) is 0 Å². The minimum absolute atomic E-state index is 0.0861. The van der Waals surface area contributed by atoms with Gasteiger partial charge in [0.15, 0.2) is 0 Å². The fourth-order valence-electron chi connectivity index (χ4n) is 13.7. The van der Waals surface area contributed by atoms with E-state index < -0.39 is 0 Å². The largest absolute Gasteiger partial charge is 0.311 e. The maximum Gasteiger partial charge on any atom is 0.252 e. The van der Waals surface area contributed by atoms with Crippen LogP contribution in [0.2, 0.25) is 0 Å². The van der Waals surface area contributed by atoms with Gasteiger partial charge in [-0.1, -0.05) is 194 Å². The van der Waals surface area contributed by atoms with Crippen molar-refractivity contribution in [2.24, 2.45) is 0 Å². The molecule has 8 heteroatoms. The Morgan fingerprint density at radius 3 is 1.28 bits per heavy atom. The molecule has 0 saturated carbocycles. The van der Waals surface area contributed by atoms with E-state index in [1.165, 1.54) is 59.5 Å². The molecular weight excluding hydrogens is 1020 g/mol. The van der Waals surface area contributed by atoms with Gasteiger partial charge in [0.2, 0.25) is 6.71 Å². The SMILES string of the molecule is [2H]Cc1cccc(CC)c1N1c2cc3c(cc2B2c4ccccc4N(c4ccccc4)c4cc(N(c5ccccc5)c5ccccc5)cc1c42)B1c2ccccc2N(c2ccccc2)c2cc(N(c4ccccc4)c4ccccc4)cc(c21)S3. The first-order chi connectivity index (χ1) is 41.6. The van der Waals surface area contributed by atoms with Crippen LogP contribution in [0, 0.1) is 6.90 Å². The lowest BCUT2D eigenvalue weighted by Crippen LogP contribution is -2.64. The number of hydrogen-bond acceptors (Lipinski definition) is 6. The molecule has 0 fully saturated rings. The quantitative estimate of drug-likeness (QED) is 0.126. The number of para-hydroxylation sites is 9. The van der Waals surface area contributed by atoms with Crippen molar-refractivity contribution < 1.29 is 1.37 Å². The van der Waals surface area contributed by atoms with Crippen molar-refractivity contribution in [1.29, 1.82) is 0 Å². The van der Waals surface area contributed by atoms with Gasteiger partial charge in [-0.15, -0.1) is 0 Å². The van der Waals surface area contributed by atoms with Gasteiger partial charge in [0.05, 0.1) is 11.4 Å². The zero-order valence-corrected chi connectivity index (χ0v) is 46.7. The molecule has 16 rings (SSSR count). The number of aryl methyl sites for hydroxylation is 2. The third-order valence-electron chi connectivity index (χ3n) is 17.2. The standard InChI is InChI=1S/C75H55B2N5S/c1-3-52-28-26-27-51(2)75(52)82-67-50-71-64(77-62-42-23-25-44-66(62)81(58-39-20-9-21-40-58)70-47-60(48-72(83-71)74(70)77)79(55-33-14-6-15-34-55)56-35-16-7-17-36-56)49-63(67)76-61-41-22-24-43-65(61)80(57-37-18-8-19-38-57)68-45-59(46-69(82)73(68)76)78(53-29-10-4-11-30-53)54-31-12-5-13-32-54/h4-50H,3H2,1-2H3/i2D. The molecule has 0 bridgehead atoms. The smallest absolute Gasteiger partial charge is 0.252 e. The van der Waals surface area contributed by atoms with Gasteiger partial charge in [-0.05, 0) is 167 Å². The lowest BCUT2D eigenvalue weighted by Gasteiger charge is -2.46. The van der Waals surface area contributed by atoms with Crippen LogP contribution in [0.1, 0.15) is 19.4 Å². The highest BCUT2D eigenvalue weighted by atomic mass is 32.2. The van der Waals surface area contributed by atoms with Gasteiger partial charge in [0.25, 0.3) is 6.71 Å². The minimum Gasteiger partial charge on any atom is -0.311 e. The summed E-state index contributed by atoms with van der Waals surface area (Å²) in [4.78, 5) is 14.8. The van der Waals surface area contributed by atoms with Crippen LogP contribution >= 0.6 is 11.8 Å². The third kappa shape index (κ3) is 7.88. The zero-order chi connectivity index (χ0) is 55.8. The summed E-state index contributed by atoms with van der Waals surface area (Å²) in [5.74, 6) is 0. The molecule has 0 atom stereocenters. The van der Waals surface area contributed by atoms with Gasteiger partial charge < -0.3 is 24.5 Å². The van der Waals surface area contributed by atoms with Gasteiger partial charge in [-0.25, -0.2) is 0 Å². The number of anilines is 15. The van der Waals surface area contributed by atoms with E-state index in [9.17, 15) is 1.37 Å². The molecular formula is C75H55B2N5S. The molecule has 0 N–H and O–H groups in total. The van der Waals surface area contributed by atoms with E-state index in [0.717, 1.165) is 85.9 Å². The van der Waals surface area contributed by atoms with Gasteiger partial charge in [0, 0.05) is 85.1 Å². The molecule has 12 aromatic carbocycles.